The second-order valence-corrected chi connectivity index (χ2v) is 6.78. The van der Waals surface area contributed by atoms with Crippen LogP contribution in [0, 0.1) is 11.3 Å². The number of amides is 1. The summed E-state index contributed by atoms with van der Waals surface area (Å²) >= 11 is 0. The van der Waals surface area contributed by atoms with Gasteiger partial charge in [-0.2, -0.15) is 5.26 Å². The molecule has 0 aromatic heterocycles. The van der Waals surface area contributed by atoms with Crippen LogP contribution in [0.15, 0.2) is 48.0 Å². The summed E-state index contributed by atoms with van der Waals surface area (Å²) < 4.78 is 16.4. The highest BCUT2D eigenvalue weighted by Gasteiger charge is 2.20. The fourth-order valence-electron chi connectivity index (χ4n) is 3.04. The third-order valence-electron chi connectivity index (χ3n) is 4.74. The molecule has 3 rings (SSSR count). The van der Waals surface area contributed by atoms with Crippen LogP contribution in [0.4, 0.5) is 0 Å². The molecule has 1 saturated heterocycles. The van der Waals surface area contributed by atoms with Crippen molar-refractivity contribution < 1.29 is 28.9 Å². The molecule has 2 aromatic rings. The van der Waals surface area contributed by atoms with E-state index in [9.17, 15) is 14.9 Å². The van der Waals surface area contributed by atoms with E-state index in [4.69, 9.17) is 19.3 Å². The normalized spacial score (nSPS) is 13.9. The monoisotopic (exact) mass is 422 g/mol. The van der Waals surface area contributed by atoms with Crippen LogP contribution in [-0.4, -0.2) is 55.3 Å². The first-order valence-electron chi connectivity index (χ1n) is 9.63. The quantitative estimate of drug-likeness (QED) is 0.540. The van der Waals surface area contributed by atoms with Crippen LogP contribution in [0.2, 0.25) is 0 Å². The van der Waals surface area contributed by atoms with Gasteiger partial charge in [0.15, 0.2) is 11.5 Å². The summed E-state index contributed by atoms with van der Waals surface area (Å²) in [5.41, 5.74) is 1.68. The number of hydrogen-bond donors (Lipinski definition) is 1. The molecule has 8 nitrogen and oxygen atoms in total. The Kier molecular flexibility index (Phi) is 7.25. The summed E-state index contributed by atoms with van der Waals surface area (Å²) in [6.07, 6.45) is 1.52. The van der Waals surface area contributed by atoms with Crippen molar-refractivity contribution in [3.05, 3.63) is 64.7 Å². The molecule has 1 heterocycles. The van der Waals surface area contributed by atoms with Gasteiger partial charge in [-0.1, -0.05) is 18.2 Å². The molecule has 2 aromatic carbocycles. The molecule has 0 radical (unpaired) electrons. The van der Waals surface area contributed by atoms with Crippen molar-refractivity contribution in [2.45, 2.75) is 6.61 Å². The van der Waals surface area contributed by atoms with Crippen molar-refractivity contribution in [3.8, 4) is 17.6 Å². The molecule has 31 heavy (non-hydrogen) atoms. The maximum atomic E-state index is 12.6. The number of carboxylic acids is 1. The minimum absolute atomic E-state index is 0.0381. The minimum atomic E-state index is -0.985. The third kappa shape index (κ3) is 5.62. The average Bonchev–Trinajstić information content (AvgIpc) is 2.81. The van der Waals surface area contributed by atoms with E-state index in [1.165, 1.54) is 25.3 Å². The van der Waals surface area contributed by atoms with Gasteiger partial charge in [0.05, 0.1) is 25.9 Å². The first-order valence-corrected chi connectivity index (χ1v) is 9.63. The molecule has 160 valence electrons. The smallest absolute Gasteiger partial charge is 0.335 e. The number of benzene rings is 2. The van der Waals surface area contributed by atoms with E-state index in [0.717, 1.165) is 5.56 Å². The van der Waals surface area contributed by atoms with E-state index in [0.29, 0.717) is 43.4 Å². The van der Waals surface area contributed by atoms with Gasteiger partial charge in [-0.25, -0.2) is 4.79 Å². The Morgan fingerprint density at radius 3 is 2.48 bits per heavy atom. The Balaban J connectivity index is 1.72. The van der Waals surface area contributed by atoms with Crippen LogP contribution in [-0.2, 0) is 16.1 Å². The van der Waals surface area contributed by atoms with Gasteiger partial charge in [-0.15, -0.1) is 0 Å². The highest BCUT2D eigenvalue weighted by Crippen LogP contribution is 2.30. The van der Waals surface area contributed by atoms with Crippen LogP contribution in [0.25, 0.3) is 6.08 Å². The van der Waals surface area contributed by atoms with E-state index in [2.05, 4.69) is 0 Å². The fourth-order valence-corrected chi connectivity index (χ4v) is 3.04. The zero-order valence-electron chi connectivity index (χ0n) is 17.0. The maximum Gasteiger partial charge on any atom is 0.335 e. The molecular formula is C23H22N2O6. The number of hydrogen-bond acceptors (Lipinski definition) is 6. The standard InChI is InChI=1S/C23H22N2O6/c1-29-21-13-17(12-19(14-24)22(26)25-8-10-30-11-9-25)4-7-20(21)31-15-16-2-5-18(6-3-16)23(27)28/h2-7,12-13H,8-11,15H2,1H3,(H,27,28)/b19-12+. The molecular weight excluding hydrogens is 400 g/mol. The first kappa shape index (κ1) is 21.9. The Morgan fingerprint density at radius 2 is 1.87 bits per heavy atom. The number of carboxylic acid groups (broad SMARTS) is 1. The average molecular weight is 422 g/mol. The minimum Gasteiger partial charge on any atom is -0.493 e. The molecule has 1 aliphatic rings. The number of carbonyl (C=O) groups excluding carboxylic acids is 1. The molecule has 1 amide bonds. The number of nitrogens with zero attached hydrogens (tertiary/aromatic N) is 2. The number of ether oxygens (including phenoxy) is 3. The van der Waals surface area contributed by atoms with Crippen molar-refractivity contribution in [3.63, 3.8) is 0 Å². The zero-order chi connectivity index (χ0) is 22.2. The summed E-state index contributed by atoms with van der Waals surface area (Å²) in [6, 6.07) is 13.5. The summed E-state index contributed by atoms with van der Waals surface area (Å²) in [4.78, 5) is 25.1. The number of carbonyl (C=O) groups is 2. The topological polar surface area (TPSA) is 109 Å². The molecule has 1 fully saturated rings. The highest BCUT2D eigenvalue weighted by molar-refractivity contribution is 6.01. The van der Waals surface area contributed by atoms with Crippen molar-refractivity contribution in [1.82, 2.24) is 4.90 Å². The van der Waals surface area contributed by atoms with Gasteiger partial charge in [0, 0.05) is 13.1 Å². The molecule has 0 spiro atoms. The van der Waals surface area contributed by atoms with Crippen molar-refractivity contribution >= 4 is 18.0 Å². The molecule has 0 bridgehead atoms. The molecule has 0 atom stereocenters. The lowest BCUT2D eigenvalue weighted by atomic mass is 10.1. The molecule has 0 unspecified atom stereocenters. The van der Waals surface area contributed by atoms with Crippen LogP contribution in [0.1, 0.15) is 21.5 Å². The van der Waals surface area contributed by atoms with Crippen LogP contribution in [0.5, 0.6) is 11.5 Å². The predicted molar refractivity (Wildman–Crippen MR) is 112 cm³/mol. The van der Waals surface area contributed by atoms with Crippen molar-refractivity contribution in [2.24, 2.45) is 0 Å². The number of morpholine rings is 1. The lowest BCUT2D eigenvalue weighted by molar-refractivity contribution is -0.130. The number of methoxy groups -OCH3 is 1. The Labute approximate surface area is 179 Å². The highest BCUT2D eigenvalue weighted by atomic mass is 16.5. The Bertz CT molecular complexity index is 1020. The third-order valence-corrected chi connectivity index (χ3v) is 4.74. The Hall–Kier alpha value is -3.83. The molecule has 0 aliphatic carbocycles. The SMILES string of the molecule is COc1cc(/C=C(\C#N)C(=O)N2CCOCC2)ccc1OCc1ccc(C(=O)O)cc1. The first-order chi connectivity index (χ1) is 15.0. The van der Waals surface area contributed by atoms with E-state index in [1.807, 2.05) is 6.07 Å². The second kappa shape index (κ2) is 10.3. The van der Waals surface area contributed by atoms with Gasteiger partial charge in [0.2, 0.25) is 0 Å². The molecule has 8 heteroatoms. The zero-order valence-corrected chi connectivity index (χ0v) is 17.0. The second-order valence-electron chi connectivity index (χ2n) is 6.78. The van der Waals surface area contributed by atoms with Gasteiger partial charge >= 0.3 is 5.97 Å². The summed E-state index contributed by atoms with van der Waals surface area (Å²) in [6.45, 7) is 2.07. The lowest BCUT2D eigenvalue weighted by Crippen LogP contribution is -2.41. The summed E-state index contributed by atoms with van der Waals surface area (Å²) in [5, 5.41) is 18.4. The number of rotatable bonds is 7. The van der Waals surface area contributed by atoms with Gasteiger partial charge in [0.25, 0.3) is 5.91 Å². The maximum absolute atomic E-state index is 12.6. The van der Waals surface area contributed by atoms with Gasteiger partial charge < -0.3 is 24.2 Å². The lowest BCUT2D eigenvalue weighted by Gasteiger charge is -2.26. The number of nitriles is 1. The Morgan fingerprint density at radius 1 is 1.16 bits per heavy atom. The van der Waals surface area contributed by atoms with E-state index in [1.54, 1.807) is 35.2 Å². The van der Waals surface area contributed by atoms with Gasteiger partial charge in [0.1, 0.15) is 18.2 Å². The molecule has 1 aliphatic heterocycles. The predicted octanol–water partition coefficient (Wildman–Crippen LogP) is 2.74. The van der Waals surface area contributed by atoms with E-state index < -0.39 is 5.97 Å². The largest absolute Gasteiger partial charge is 0.493 e. The molecule has 0 saturated carbocycles. The summed E-state index contributed by atoms with van der Waals surface area (Å²) in [7, 11) is 1.50. The van der Waals surface area contributed by atoms with Crippen LogP contribution < -0.4 is 9.47 Å². The van der Waals surface area contributed by atoms with Gasteiger partial charge in [-0.3, -0.25) is 4.79 Å². The van der Waals surface area contributed by atoms with Crippen LogP contribution in [0.3, 0.4) is 0 Å². The van der Waals surface area contributed by atoms with E-state index in [-0.39, 0.29) is 23.7 Å². The number of aromatic carboxylic acids is 1. The van der Waals surface area contributed by atoms with Gasteiger partial charge in [-0.05, 0) is 41.5 Å². The summed E-state index contributed by atoms with van der Waals surface area (Å²) in [5.74, 6) is -0.372. The van der Waals surface area contributed by atoms with E-state index >= 15 is 0 Å². The van der Waals surface area contributed by atoms with Crippen molar-refractivity contribution in [1.29, 1.82) is 5.26 Å². The molecule has 1 N–H and O–H groups in total. The van der Waals surface area contributed by atoms with Crippen molar-refractivity contribution in [2.75, 3.05) is 33.4 Å². The van der Waals surface area contributed by atoms with Crippen LogP contribution >= 0.6 is 0 Å². The fraction of sp³-hybridized carbons (Fsp3) is 0.261.